The van der Waals surface area contributed by atoms with Crippen LogP contribution in [0.15, 0.2) is 9.05 Å². The Kier molecular flexibility index (Phi) is 6.92. The molecule has 2 aromatic rings. The third kappa shape index (κ3) is 5.12. The van der Waals surface area contributed by atoms with Crippen LogP contribution in [0.4, 0.5) is 0 Å². The number of hydrogen-bond acceptors (Lipinski definition) is 9. The van der Waals surface area contributed by atoms with Crippen LogP contribution >= 0.6 is 0 Å². The predicted molar refractivity (Wildman–Crippen MR) is 97.9 cm³/mol. The predicted octanol–water partition coefficient (Wildman–Crippen LogP) is 2.38. The van der Waals surface area contributed by atoms with Gasteiger partial charge in [0.15, 0.2) is 11.6 Å². The number of rotatable bonds is 8. The van der Waals surface area contributed by atoms with Gasteiger partial charge < -0.3 is 13.8 Å². The third-order valence-corrected chi connectivity index (χ3v) is 4.95. The molecular formula is C18H30N6O3. The molecule has 1 aliphatic rings. The summed E-state index contributed by atoms with van der Waals surface area (Å²) in [5.41, 5.74) is 0. The molecule has 3 rings (SSSR count). The highest BCUT2D eigenvalue weighted by Crippen LogP contribution is 2.21. The fourth-order valence-corrected chi connectivity index (χ4v) is 3.29. The number of ether oxygens (including phenoxy) is 1. The lowest BCUT2D eigenvalue weighted by Crippen LogP contribution is -2.32. The molecule has 9 heteroatoms. The first-order chi connectivity index (χ1) is 13.1. The zero-order valence-electron chi connectivity index (χ0n) is 16.7. The number of aryl methyl sites for hydroxylation is 1. The van der Waals surface area contributed by atoms with Crippen molar-refractivity contribution in [2.45, 2.75) is 59.2 Å². The molecule has 1 fully saturated rings. The lowest BCUT2D eigenvalue weighted by molar-refractivity contribution is 0.0683. The van der Waals surface area contributed by atoms with E-state index >= 15 is 0 Å². The van der Waals surface area contributed by atoms with Gasteiger partial charge >= 0.3 is 0 Å². The summed E-state index contributed by atoms with van der Waals surface area (Å²) in [6, 6.07) is 0.125. The molecule has 2 aromatic heterocycles. The summed E-state index contributed by atoms with van der Waals surface area (Å²) in [5.74, 6) is 2.72. The minimum atomic E-state index is -0.143. The smallest absolute Gasteiger partial charge is 0.243 e. The molecule has 27 heavy (non-hydrogen) atoms. The molecule has 3 heterocycles. The van der Waals surface area contributed by atoms with Gasteiger partial charge in [-0.25, -0.2) is 0 Å². The van der Waals surface area contributed by atoms with Crippen molar-refractivity contribution in [2.75, 3.05) is 32.8 Å². The fourth-order valence-electron chi connectivity index (χ4n) is 3.29. The van der Waals surface area contributed by atoms with E-state index in [0.717, 1.165) is 44.8 Å². The molecule has 0 aliphatic carbocycles. The Bertz CT molecular complexity index is 703. The summed E-state index contributed by atoms with van der Waals surface area (Å²) in [6.45, 7) is 13.2. The first-order valence-electron chi connectivity index (χ1n) is 9.83. The van der Waals surface area contributed by atoms with Crippen molar-refractivity contribution in [2.24, 2.45) is 0 Å². The Morgan fingerprint density at radius 1 is 1.04 bits per heavy atom. The third-order valence-electron chi connectivity index (χ3n) is 4.95. The van der Waals surface area contributed by atoms with Crippen molar-refractivity contribution in [1.82, 2.24) is 30.1 Å². The monoisotopic (exact) mass is 378 g/mol. The van der Waals surface area contributed by atoms with E-state index < -0.39 is 0 Å². The molecule has 0 unspecified atom stereocenters. The van der Waals surface area contributed by atoms with Crippen LogP contribution in [0, 0.1) is 0 Å². The van der Waals surface area contributed by atoms with E-state index in [1.165, 1.54) is 0 Å². The average Bonchev–Trinajstić information content (AvgIpc) is 3.27. The van der Waals surface area contributed by atoms with E-state index in [-0.39, 0.29) is 12.1 Å². The van der Waals surface area contributed by atoms with Gasteiger partial charge in [-0.15, -0.1) is 0 Å². The number of hydrogen-bond donors (Lipinski definition) is 0. The molecular weight excluding hydrogens is 348 g/mol. The molecule has 2 atom stereocenters. The molecule has 0 N–H and O–H groups in total. The zero-order chi connectivity index (χ0) is 19.2. The van der Waals surface area contributed by atoms with Crippen LogP contribution in [-0.2, 0) is 17.7 Å². The molecule has 0 aromatic carbocycles. The maximum atomic E-state index is 5.52. The maximum absolute atomic E-state index is 5.52. The minimum absolute atomic E-state index is 0.125. The molecule has 150 valence electrons. The molecule has 0 bridgehead atoms. The van der Waals surface area contributed by atoms with Gasteiger partial charge in [-0.05, 0) is 33.7 Å². The highest BCUT2D eigenvalue weighted by molar-refractivity contribution is 4.93. The summed E-state index contributed by atoms with van der Waals surface area (Å²) in [4.78, 5) is 13.7. The van der Waals surface area contributed by atoms with E-state index in [1.807, 2.05) is 20.8 Å². The second-order valence-electron chi connectivity index (χ2n) is 6.89. The average molecular weight is 378 g/mol. The van der Waals surface area contributed by atoms with Gasteiger partial charge in [-0.1, -0.05) is 17.2 Å². The summed E-state index contributed by atoms with van der Waals surface area (Å²) in [6.07, 6.45) is 1.71. The first-order valence-corrected chi connectivity index (χ1v) is 9.83. The van der Waals surface area contributed by atoms with Crippen LogP contribution in [0.3, 0.4) is 0 Å². The topological polar surface area (TPSA) is 93.6 Å². The summed E-state index contributed by atoms with van der Waals surface area (Å²) in [7, 11) is 0. The summed E-state index contributed by atoms with van der Waals surface area (Å²) < 4.78 is 16.3. The van der Waals surface area contributed by atoms with Crippen molar-refractivity contribution < 1.29 is 13.8 Å². The van der Waals surface area contributed by atoms with E-state index in [1.54, 1.807) is 0 Å². The summed E-state index contributed by atoms with van der Waals surface area (Å²) in [5, 5.41) is 8.05. The van der Waals surface area contributed by atoms with Crippen LogP contribution in [-0.4, -0.2) is 62.9 Å². The molecule has 0 saturated carbocycles. The highest BCUT2D eigenvalue weighted by Gasteiger charge is 2.25. The molecule has 9 nitrogen and oxygen atoms in total. The highest BCUT2D eigenvalue weighted by atomic mass is 16.5. The van der Waals surface area contributed by atoms with Gasteiger partial charge in [0.2, 0.25) is 11.8 Å². The molecule has 0 spiro atoms. The second-order valence-corrected chi connectivity index (χ2v) is 6.89. The lowest BCUT2D eigenvalue weighted by Gasteiger charge is -2.24. The summed E-state index contributed by atoms with van der Waals surface area (Å²) >= 11 is 0. The Hall–Kier alpha value is -1.84. The first kappa shape index (κ1) is 19.9. The van der Waals surface area contributed by atoms with E-state index in [9.17, 15) is 0 Å². The van der Waals surface area contributed by atoms with E-state index in [2.05, 4.69) is 37.0 Å². The standard InChI is InChI=1S/C18H30N6O3/c1-5-15-19-18(27-21-15)13(3)24-9-7-8-23(10-11-24)12-16-20-17(22-26-16)14(4)25-6-2/h13-14H,5-12H2,1-4H3/t13-,14-/m0/s1. The quantitative estimate of drug-likeness (QED) is 0.686. The fraction of sp³-hybridized carbons (Fsp3) is 0.778. The van der Waals surface area contributed by atoms with Crippen LogP contribution < -0.4 is 0 Å². The number of nitrogens with zero attached hydrogens (tertiary/aromatic N) is 6. The van der Waals surface area contributed by atoms with Gasteiger partial charge in [0.05, 0.1) is 12.6 Å². The second kappa shape index (κ2) is 9.38. The largest absolute Gasteiger partial charge is 0.371 e. The van der Waals surface area contributed by atoms with Gasteiger partial charge in [-0.3, -0.25) is 9.80 Å². The molecule has 0 radical (unpaired) electrons. The van der Waals surface area contributed by atoms with Crippen LogP contribution in [0.25, 0.3) is 0 Å². The SMILES string of the molecule is CCO[C@@H](C)c1noc(CN2CCCN([C@@H](C)c3nc(CC)no3)CC2)n1. The van der Waals surface area contributed by atoms with Gasteiger partial charge in [-0.2, -0.15) is 9.97 Å². The van der Waals surface area contributed by atoms with Gasteiger partial charge in [0.1, 0.15) is 6.10 Å². The van der Waals surface area contributed by atoms with E-state index in [0.29, 0.717) is 30.8 Å². The van der Waals surface area contributed by atoms with Crippen LogP contribution in [0.5, 0.6) is 0 Å². The minimum Gasteiger partial charge on any atom is -0.371 e. The maximum Gasteiger partial charge on any atom is 0.243 e. The van der Waals surface area contributed by atoms with Crippen molar-refractivity contribution in [3.05, 3.63) is 23.4 Å². The Labute approximate surface area is 160 Å². The van der Waals surface area contributed by atoms with Crippen molar-refractivity contribution >= 4 is 0 Å². The van der Waals surface area contributed by atoms with Crippen molar-refractivity contribution in [3.8, 4) is 0 Å². The Balaban J connectivity index is 1.53. The van der Waals surface area contributed by atoms with Crippen LogP contribution in [0.1, 0.15) is 69.7 Å². The Morgan fingerprint density at radius 2 is 1.89 bits per heavy atom. The van der Waals surface area contributed by atoms with Gasteiger partial charge in [0, 0.05) is 32.7 Å². The van der Waals surface area contributed by atoms with Gasteiger partial charge in [0.25, 0.3) is 0 Å². The molecule has 1 aliphatic heterocycles. The van der Waals surface area contributed by atoms with Crippen LogP contribution in [0.2, 0.25) is 0 Å². The molecule has 0 amide bonds. The van der Waals surface area contributed by atoms with Crippen molar-refractivity contribution in [1.29, 1.82) is 0 Å². The van der Waals surface area contributed by atoms with E-state index in [4.69, 9.17) is 13.8 Å². The number of aromatic nitrogens is 4. The zero-order valence-corrected chi connectivity index (χ0v) is 16.7. The van der Waals surface area contributed by atoms with Crippen molar-refractivity contribution in [3.63, 3.8) is 0 Å². The Morgan fingerprint density at radius 3 is 2.63 bits per heavy atom. The normalized spacial score (nSPS) is 19.1. The molecule has 1 saturated heterocycles. The lowest BCUT2D eigenvalue weighted by atomic mass is 10.2.